The average Bonchev–Trinajstić information content (AvgIpc) is 1.99. The molecule has 4 nitrogen and oxygen atoms in total. The van der Waals surface area contributed by atoms with E-state index in [1.165, 1.54) is 0 Å². The van der Waals surface area contributed by atoms with Crippen LogP contribution in [-0.4, -0.2) is 35.5 Å². The molecule has 1 heterocycles. The van der Waals surface area contributed by atoms with E-state index in [4.69, 9.17) is 9.47 Å². The van der Waals surface area contributed by atoms with Crippen molar-refractivity contribution in [3.05, 3.63) is 0 Å². The topological polar surface area (TPSA) is 55.8 Å². The van der Waals surface area contributed by atoms with Crippen LogP contribution in [0.15, 0.2) is 0 Å². The molecule has 1 aliphatic heterocycles. The lowest BCUT2D eigenvalue weighted by molar-refractivity contribution is -0.167. The van der Waals surface area contributed by atoms with Gasteiger partial charge >= 0.3 is 5.97 Å². The summed E-state index contributed by atoms with van der Waals surface area (Å²) in [5, 5.41) is 10.2. The van der Waals surface area contributed by atoms with Crippen molar-refractivity contribution in [1.82, 2.24) is 0 Å². The van der Waals surface area contributed by atoms with Crippen LogP contribution in [-0.2, 0) is 14.3 Å². The lowest BCUT2D eigenvalue weighted by Gasteiger charge is -2.40. The molecule has 0 bridgehead atoms. The molecule has 1 N–H and O–H groups in total. The molecule has 0 aromatic carbocycles. The van der Waals surface area contributed by atoms with Gasteiger partial charge in [-0.3, -0.25) is 4.79 Å². The van der Waals surface area contributed by atoms with Crippen molar-refractivity contribution in [3.63, 3.8) is 0 Å². The van der Waals surface area contributed by atoms with E-state index in [9.17, 15) is 9.90 Å². The second kappa shape index (κ2) is 4.49. The molecule has 0 amide bonds. The zero-order valence-corrected chi connectivity index (χ0v) is 9.71. The summed E-state index contributed by atoms with van der Waals surface area (Å²) >= 11 is 0. The molecule has 0 spiro atoms. The van der Waals surface area contributed by atoms with Crippen LogP contribution in [0.4, 0.5) is 0 Å². The fourth-order valence-electron chi connectivity index (χ4n) is 2.08. The molecule has 1 rings (SSSR count). The minimum Gasteiger partial charge on any atom is -0.466 e. The van der Waals surface area contributed by atoms with Gasteiger partial charge in [-0.2, -0.15) is 0 Å². The van der Waals surface area contributed by atoms with Gasteiger partial charge < -0.3 is 14.6 Å². The normalized spacial score (nSPS) is 29.9. The molecule has 0 aromatic rings. The lowest BCUT2D eigenvalue weighted by Crippen LogP contribution is -2.47. The minimum absolute atomic E-state index is 0.0631. The lowest BCUT2D eigenvalue weighted by atomic mass is 9.82. The maximum Gasteiger partial charge on any atom is 0.308 e. The van der Waals surface area contributed by atoms with Crippen LogP contribution in [0.2, 0.25) is 0 Å². The van der Waals surface area contributed by atoms with Crippen molar-refractivity contribution in [2.45, 2.75) is 51.2 Å². The van der Waals surface area contributed by atoms with Gasteiger partial charge in [-0.25, -0.2) is 0 Å². The Kier molecular flexibility index (Phi) is 3.73. The van der Waals surface area contributed by atoms with Gasteiger partial charge in [-0.1, -0.05) is 0 Å². The van der Waals surface area contributed by atoms with Gasteiger partial charge in [-0.15, -0.1) is 0 Å². The van der Waals surface area contributed by atoms with E-state index in [1.807, 2.05) is 13.8 Å². The van der Waals surface area contributed by atoms with Crippen molar-refractivity contribution >= 4 is 5.97 Å². The monoisotopic (exact) mass is 216 g/mol. The number of hydrogen-bond acceptors (Lipinski definition) is 4. The van der Waals surface area contributed by atoms with Crippen molar-refractivity contribution in [2.75, 3.05) is 13.2 Å². The van der Waals surface area contributed by atoms with Crippen molar-refractivity contribution in [2.24, 2.45) is 0 Å². The van der Waals surface area contributed by atoms with Crippen LogP contribution in [0.3, 0.4) is 0 Å². The second-order valence-corrected chi connectivity index (χ2v) is 4.74. The third-order valence-corrected chi connectivity index (χ3v) is 2.59. The third-order valence-electron chi connectivity index (χ3n) is 2.59. The Labute approximate surface area is 90.6 Å². The van der Waals surface area contributed by atoms with E-state index >= 15 is 0 Å². The van der Waals surface area contributed by atoms with E-state index in [-0.39, 0.29) is 18.0 Å². The average molecular weight is 216 g/mol. The number of esters is 1. The predicted octanol–water partition coefficient (Wildman–Crippen LogP) is 1.26. The Morgan fingerprint density at radius 2 is 2.20 bits per heavy atom. The fourth-order valence-corrected chi connectivity index (χ4v) is 2.08. The first-order valence-electron chi connectivity index (χ1n) is 5.39. The van der Waals surface area contributed by atoms with Gasteiger partial charge in [0.2, 0.25) is 0 Å². The maximum atomic E-state index is 11.3. The number of ether oxygens (including phenoxy) is 2. The first-order chi connectivity index (χ1) is 6.87. The zero-order valence-electron chi connectivity index (χ0n) is 9.71. The standard InChI is InChI=1S/C11H20O4/c1-4-14-9(12)7-11(13)5-6-15-10(2,3)8-11/h13H,4-8H2,1-3H3. The highest BCUT2D eigenvalue weighted by atomic mass is 16.5. The first-order valence-corrected chi connectivity index (χ1v) is 5.39. The summed E-state index contributed by atoms with van der Waals surface area (Å²) in [5.41, 5.74) is -1.33. The van der Waals surface area contributed by atoms with Crippen LogP contribution in [0.25, 0.3) is 0 Å². The number of aliphatic hydroxyl groups is 1. The molecule has 88 valence electrons. The minimum atomic E-state index is -0.964. The number of rotatable bonds is 3. The number of carbonyl (C=O) groups is 1. The molecular weight excluding hydrogens is 196 g/mol. The Hall–Kier alpha value is -0.610. The molecule has 1 saturated heterocycles. The fraction of sp³-hybridized carbons (Fsp3) is 0.909. The number of hydrogen-bond donors (Lipinski definition) is 1. The molecular formula is C11H20O4. The second-order valence-electron chi connectivity index (χ2n) is 4.74. The highest BCUT2D eigenvalue weighted by molar-refractivity contribution is 5.70. The highest BCUT2D eigenvalue weighted by Gasteiger charge is 2.41. The predicted molar refractivity (Wildman–Crippen MR) is 55.5 cm³/mol. The molecule has 1 fully saturated rings. The third kappa shape index (κ3) is 3.80. The molecule has 0 aliphatic carbocycles. The molecule has 1 unspecified atom stereocenters. The molecule has 0 saturated carbocycles. The molecule has 15 heavy (non-hydrogen) atoms. The zero-order chi connectivity index (χ0) is 11.5. The van der Waals surface area contributed by atoms with E-state index in [0.717, 1.165) is 0 Å². The van der Waals surface area contributed by atoms with E-state index < -0.39 is 5.60 Å². The Morgan fingerprint density at radius 1 is 1.53 bits per heavy atom. The molecule has 1 aliphatic rings. The summed E-state index contributed by atoms with van der Waals surface area (Å²) in [6, 6.07) is 0. The summed E-state index contributed by atoms with van der Waals surface area (Å²) in [6.45, 7) is 6.44. The summed E-state index contributed by atoms with van der Waals surface area (Å²) in [7, 11) is 0. The number of carbonyl (C=O) groups excluding carboxylic acids is 1. The van der Waals surface area contributed by atoms with E-state index in [0.29, 0.717) is 26.1 Å². The van der Waals surface area contributed by atoms with E-state index in [1.54, 1.807) is 6.92 Å². The Bertz CT molecular complexity index is 237. The quantitative estimate of drug-likeness (QED) is 0.722. The largest absolute Gasteiger partial charge is 0.466 e. The van der Waals surface area contributed by atoms with Gasteiger partial charge in [0.1, 0.15) is 0 Å². The summed E-state index contributed by atoms with van der Waals surface area (Å²) < 4.78 is 10.3. The van der Waals surface area contributed by atoms with Crippen LogP contribution >= 0.6 is 0 Å². The van der Waals surface area contributed by atoms with Gasteiger partial charge in [-0.05, 0) is 20.8 Å². The van der Waals surface area contributed by atoms with Crippen LogP contribution in [0.1, 0.15) is 40.0 Å². The van der Waals surface area contributed by atoms with Gasteiger partial charge in [0.15, 0.2) is 0 Å². The molecule has 0 aromatic heterocycles. The van der Waals surface area contributed by atoms with Crippen molar-refractivity contribution in [1.29, 1.82) is 0 Å². The Balaban J connectivity index is 2.54. The molecule has 1 atom stereocenters. The maximum absolute atomic E-state index is 11.3. The molecule has 0 radical (unpaired) electrons. The van der Waals surface area contributed by atoms with Crippen LogP contribution < -0.4 is 0 Å². The van der Waals surface area contributed by atoms with E-state index in [2.05, 4.69) is 0 Å². The van der Waals surface area contributed by atoms with Crippen molar-refractivity contribution in [3.8, 4) is 0 Å². The SMILES string of the molecule is CCOC(=O)CC1(O)CCOC(C)(C)C1. The van der Waals surface area contributed by atoms with Gasteiger partial charge in [0, 0.05) is 12.8 Å². The first kappa shape index (κ1) is 12.5. The highest BCUT2D eigenvalue weighted by Crippen LogP contribution is 2.34. The van der Waals surface area contributed by atoms with Crippen LogP contribution in [0.5, 0.6) is 0 Å². The van der Waals surface area contributed by atoms with Crippen molar-refractivity contribution < 1.29 is 19.4 Å². The summed E-state index contributed by atoms with van der Waals surface area (Å²) in [5.74, 6) is -0.335. The van der Waals surface area contributed by atoms with Gasteiger partial charge in [0.25, 0.3) is 0 Å². The smallest absolute Gasteiger partial charge is 0.308 e. The summed E-state index contributed by atoms with van der Waals surface area (Å²) in [4.78, 5) is 11.3. The van der Waals surface area contributed by atoms with Crippen LogP contribution in [0, 0.1) is 0 Å². The van der Waals surface area contributed by atoms with Gasteiger partial charge in [0.05, 0.1) is 30.8 Å². The molecule has 4 heteroatoms. The summed E-state index contributed by atoms with van der Waals surface area (Å²) in [6.07, 6.45) is 1.03. The Morgan fingerprint density at radius 3 is 2.73 bits per heavy atom.